The molecule has 1 N–H and O–H groups in total. The van der Waals surface area contributed by atoms with E-state index in [1.54, 1.807) is 11.8 Å². The zero-order valence-corrected chi connectivity index (χ0v) is 13.3. The standard InChI is InChI=1S/C16H22N4S/c1-13-5-7-14(8-6-13)15-17-16(19-18-15)21-12-11-20-9-3-2-4-10-20/h5-8H,2-4,9-12H2,1H3,(H,17,18,19). The van der Waals surface area contributed by atoms with Crippen molar-refractivity contribution in [2.45, 2.75) is 31.3 Å². The van der Waals surface area contributed by atoms with Crippen LogP contribution in [0.2, 0.25) is 0 Å². The van der Waals surface area contributed by atoms with Gasteiger partial charge in [0.05, 0.1) is 0 Å². The van der Waals surface area contributed by atoms with Crippen LogP contribution >= 0.6 is 11.8 Å². The Hall–Kier alpha value is -1.33. The van der Waals surface area contributed by atoms with E-state index in [2.05, 4.69) is 51.3 Å². The molecule has 1 aliphatic rings. The van der Waals surface area contributed by atoms with Gasteiger partial charge in [-0.05, 0) is 32.9 Å². The molecule has 0 saturated carbocycles. The highest BCUT2D eigenvalue weighted by atomic mass is 32.2. The van der Waals surface area contributed by atoms with Gasteiger partial charge in [0.25, 0.3) is 0 Å². The number of thioether (sulfide) groups is 1. The predicted octanol–water partition coefficient (Wildman–Crippen LogP) is 3.36. The highest BCUT2D eigenvalue weighted by molar-refractivity contribution is 7.99. The molecule has 1 fully saturated rings. The third-order valence-electron chi connectivity index (χ3n) is 3.88. The maximum atomic E-state index is 4.57. The molecule has 2 aromatic rings. The van der Waals surface area contributed by atoms with Gasteiger partial charge in [-0.3, -0.25) is 5.10 Å². The summed E-state index contributed by atoms with van der Waals surface area (Å²) in [4.78, 5) is 7.12. The molecule has 4 nitrogen and oxygen atoms in total. The van der Waals surface area contributed by atoms with Gasteiger partial charge in [-0.15, -0.1) is 5.10 Å². The molecule has 5 heteroatoms. The first-order chi connectivity index (χ1) is 10.3. The molecule has 2 heterocycles. The number of H-pyrrole nitrogens is 1. The van der Waals surface area contributed by atoms with Crippen molar-refractivity contribution < 1.29 is 0 Å². The summed E-state index contributed by atoms with van der Waals surface area (Å²) >= 11 is 1.74. The van der Waals surface area contributed by atoms with Crippen LogP contribution in [0.25, 0.3) is 11.4 Å². The van der Waals surface area contributed by atoms with Crippen LogP contribution in [0.5, 0.6) is 0 Å². The number of hydrogen-bond acceptors (Lipinski definition) is 4. The topological polar surface area (TPSA) is 44.8 Å². The molecule has 0 atom stereocenters. The zero-order chi connectivity index (χ0) is 14.5. The molecular formula is C16H22N4S. The molecule has 0 bridgehead atoms. The van der Waals surface area contributed by atoms with Gasteiger partial charge >= 0.3 is 0 Å². The Labute approximate surface area is 130 Å². The third kappa shape index (κ3) is 4.08. The second kappa shape index (κ2) is 7.09. The molecule has 0 unspecified atom stereocenters. The average Bonchev–Trinajstić information content (AvgIpc) is 2.98. The van der Waals surface area contributed by atoms with E-state index in [0.29, 0.717) is 0 Å². The fourth-order valence-electron chi connectivity index (χ4n) is 2.60. The summed E-state index contributed by atoms with van der Waals surface area (Å²) in [5.41, 5.74) is 2.35. The van der Waals surface area contributed by atoms with Crippen molar-refractivity contribution in [3.8, 4) is 11.4 Å². The molecule has 0 radical (unpaired) electrons. The molecule has 1 aliphatic heterocycles. The summed E-state index contributed by atoms with van der Waals surface area (Å²) < 4.78 is 0. The van der Waals surface area contributed by atoms with E-state index in [1.165, 1.54) is 37.9 Å². The van der Waals surface area contributed by atoms with Crippen LogP contribution in [0, 0.1) is 6.92 Å². The molecule has 1 aromatic carbocycles. The molecule has 21 heavy (non-hydrogen) atoms. The van der Waals surface area contributed by atoms with Crippen molar-refractivity contribution in [1.29, 1.82) is 0 Å². The van der Waals surface area contributed by atoms with Gasteiger partial charge < -0.3 is 4.90 Å². The lowest BCUT2D eigenvalue weighted by molar-refractivity contribution is 0.242. The molecule has 3 rings (SSSR count). The van der Waals surface area contributed by atoms with Gasteiger partial charge in [-0.1, -0.05) is 48.0 Å². The van der Waals surface area contributed by atoms with E-state index in [0.717, 1.165) is 28.8 Å². The van der Waals surface area contributed by atoms with Crippen LogP contribution in [0.1, 0.15) is 24.8 Å². The van der Waals surface area contributed by atoms with Crippen LogP contribution < -0.4 is 0 Å². The summed E-state index contributed by atoms with van der Waals surface area (Å²) in [7, 11) is 0. The number of piperidine rings is 1. The number of aryl methyl sites for hydroxylation is 1. The fraction of sp³-hybridized carbons (Fsp3) is 0.500. The summed E-state index contributed by atoms with van der Waals surface area (Å²) in [5, 5.41) is 8.19. The van der Waals surface area contributed by atoms with E-state index >= 15 is 0 Å². The summed E-state index contributed by atoms with van der Waals surface area (Å²) in [6.45, 7) is 5.73. The first kappa shape index (κ1) is 14.6. The Balaban J connectivity index is 1.51. The number of likely N-dealkylation sites (tertiary alicyclic amines) is 1. The SMILES string of the molecule is Cc1ccc(-c2nc(SCCN3CCCCC3)n[nH]2)cc1. The molecule has 0 amide bonds. The highest BCUT2D eigenvalue weighted by Gasteiger charge is 2.11. The van der Waals surface area contributed by atoms with E-state index in [-0.39, 0.29) is 0 Å². The van der Waals surface area contributed by atoms with Gasteiger partial charge in [0, 0.05) is 17.9 Å². The van der Waals surface area contributed by atoms with Gasteiger partial charge in [0.2, 0.25) is 5.16 Å². The maximum Gasteiger partial charge on any atom is 0.208 e. The number of nitrogens with one attached hydrogen (secondary N) is 1. The number of hydrogen-bond donors (Lipinski definition) is 1. The lowest BCUT2D eigenvalue weighted by Gasteiger charge is -2.25. The Morgan fingerprint density at radius 3 is 2.67 bits per heavy atom. The summed E-state index contributed by atoms with van der Waals surface area (Å²) in [6.07, 6.45) is 4.09. The fourth-order valence-corrected chi connectivity index (χ4v) is 3.40. The van der Waals surface area contributed by atoms with Crippen molar-refractivity contribution >= 4 is 11.8 Å². The van der Waals surface area contributed by atoms with Gasteiger partial charge in [0.15, 0.2) is 5.82 Å². The van der Waals surface area contributed by atoms with Crippen LogP contribution in [-0.2, 0) is 0 Å². The molecule has 1 saturated heterocycles. The predicted molar refractivity (Wildman–Crippen MR) is 87.6 cm³/mol. The average molecular weight is 302 g/mol. The summed E-state index contributed by atoms with van der Waals surface area (Å²) in [6, 6.07) is 8.36. The smallest absolute Gasteiger partial charge is 0.208 e. The lowest BCUT2D eigenvalue weighted by Crippen LogP contribution is -2.31. The first-order valence-corrected chi connectivity index (χ1v) is 8.64. The Morgan fingerprint density at radius 1 is 1.14 bits per heavy atom. The minimum absolute atomic E-state index is 0.850. The largest absolute Gasteiger partial charge is 0.303 e. The molecule has 0 spiro atoms. The zero-order valence-electron chi connectivity index (χ0n) is 12.5. The second-order valence-corrected chi connectivity index (χ2v) is 6.65. The van der Waals surface area contributed by atoms with Crippen molar-refractivity contribution in [2.75, 3.05) is 25.4 Å². The van der Waals surface area contributed by atoms with Crippen molar-refractivity contribution in [1.82, 2.24) is 20.1 Å². The normalized spacial score (nSPS) is 16.2. The Bertz CT molecular complexity index is 558. The van der Waals surface area contributed by atoms with E-state index in [9.17, 15) is 0 Å². The number of benzene rings is 1. The molecular weight excluding hydrogens is 280 g/mol. The first-order valence-electron chi connectivity index (χ1n) is 7.66. The van der Waals surface area contributed by atoms with E-state index < -0.39 is 0 Å². The minimum atomic E-state index is 0.850. The van der Waals surface area contributed by atoms with Crippen LogP contribution in [0.4, 0.5) is 0 Å². The Morgan fingerprint density at radius 2 is 1.90 bits per heavy atom. The monoisotopic (exact) mass is 302 g/mol. The van der Waals surface area contributed by atoms with E-state index in [4.69, 9.17) is 0 Å². The van der Waals surface area contributed by atoms with Crippen molar-refractivity contribution in [3.63, 3.8) is 0 Å². The van der Waals surface area contributed by atoms with Gasteiger partial charge in [0.1, 0.15) is 0 Å². The lowest BCUT2D eigenvalue weighted by atomic mass is 10.1. The second-order valence-electron chi connectivity index (χ2n) is 5.58. The van der Waals surface area contributed by atoms with Crippen LogP contribution in [0.3, 0.4) is 0 Å². The van der Waals surface area contributed by atoms with Crippen LogP contribution in [0.15, 0.2) is 29.4 Å². The van der Waals surface area contributed by atoms with Gasteiger partial charge in [-0.25, -0.2) is 4.98 Å². The molecule has 1 aromatic heterocycles. The number of nitrogens with zero attached hydrogens (tertiary/aromatic N) is 3. The van der Waals surface area contributed by atoms with Crippen molar-refractivity contribution in [3.05, 3.63) is 29.8 Å². The number of aromatic amines is 1. The maximum absolute atomic E-state index is 4.57. The number of rotatable bonds is 5. The summed E-state index contributed by atoms with van der Waals surface area (Å²) in [5.74, 6) is 1.92. The number of aromatic nitrogens is 3. The minimum Gasteiger partial charge on any atom is -0.303 e. The molecule has 112 valence electrons. The highest BCUT2D eigenvalue weighted by Crippen LogP contribution is 2.20. The van der Waals surface area contributed by atoms with E-state index in [1.807, 2.05) is 0 Å². The van der Waals surface area contributed by atoms with Crippen molar-refractivity contribution in [2.24, 2.45) is 0 Å². The quantitative estimate of drug-likeness (QED) is 0.860. The van der Waals surface area contributed by atoms with Crippen LogP contribution in [-0.4, -0.2) is 45.5 Å². The molecule has 0 aliphatic carbocycles. The van der Waals surface area contributed by atoms with Gasteiger partial charge in [-0.2, -0.15) is 0 Å². The third-order valence-corrected chi connectivity index (χ3v) is 4.70. The Kier molecular flexibility index (Phi) is 4.93.